The smallest absolute Gasteiger partial charge is 0.0409 e. The van der Waals surface area contributed by atoms with Gasteiger partial charge < -0.3 is 11.1 Å². The predicted octanol–water partition coefficient (Wildman–Crippen LogP) is 2.30. The molecule has 0 spiro atoms. The van der Waals surface area contributed by atoms with Crippen molar-refractivity contribution in [1.82, 2.24) is 0 Å². The van der Waals surface area contributed by atoms with Crippen molar-refractivity contribution in [3.63, 3.8) is 0 Å². The first-order valence-corrected chi connectivity index (χ1v) is 3.81. The van der Waals surface area contributed by atoms with Crippen LogP contribution in [0.4, 0.5) is 5.69 Å². The fraction of sp³-hybridized carbons (Fsp3) is 0.100. The normalized spacial score (nSPS) is 10.4. The Hall–Kier alpha value is -1.57. The summed E-state index contributed by atoms with van der Waals surface area (Å²) in [6.45, 7) is 1.94. The maximum atomic E-state index is 7.16. The highest BCUT2D eigenvalue weighted by Gasteiger charge is 1.98. The summed E-state index contributed by atoms with van der Waals surface area (Å²) in [6, 6.07) is 5.63. The van der Waals surface area contributed by atoms with Crippen LogP contribution in [-0.2, 0) is 0 Å². The molecule has 3 N–H and O–H groups in total. The van der Waals surface area contributed by atoms with Gasteiger partial charge in [0.15, 0.2) is 0 Å². The molecule has 12 heavy (non-hydrogen) atoms. The number of nitrogens with one attached hydrogen (secondary N) is 1. The van der Waals surface area contributed by atoms with Crippen molar-refractivity contribution < 1.29 is 0 Å². The third-order valence-corrected chi connectivity index (χ3v) is 1.66. The van der Waals surface area contributed by atoms with E-state index in [0.29, 0.717) is 5.69 Å². The highest BCUT2D eigenvalue weighted by Crippen LogP contribution is 2.15. The van der Waals surface area contributed by atoms with Gasteiger partial charge in [-0.15, -0.1) is 0 Å². The van der Waals surface area contributed by atoms with E-state index in [0.717, 1.165) is 11.1 Å². The third-order valence-electron chi connectivity index (χ3n) is 1.66. The topological polar surface area (TPSA) is 49.9 Å². The van der Waals surface area contributed by atoms with E-state index in [1.165, 1.54) is 6.21 Å². The van der Waals surface area contributed by atoms with Gasteiger partial charge in [-0.2, -0.15) is 0 Å². The second-order valence-corrected chi connectivity index (χ2v) is 2.49. The molecule has 1 rings (SSSR count). The van der Waals surface area contributed by atoms with Crippen LogP contribution in [0.2, 0.25) is 0 Å². The number of nitrogen functional groups attached to an aromatic ring is 1. The Balaban J connectivity index is 3.27. The molecule has 0 fully saturated rings. The first-order valence-electron chi connectivity index (χ1n) is 3.81. The lowest BCUT2D eigenvalue weighted by Gasteiger charge is -2.02. The van der Waals surface area contributed by atoms with E-state index in [-0.39, 0.29) is 0 Å². The Morgan fingerprint density at radius 3 is 2.75 bits per heavy atom. The van der Waals surface area contributed by atoms with Gasteiger partial charge >= 0.3 is 0 Å². The molecule has 0 aliphatic rings. The molecule has 0 saturated heterocycles. The first-order chi connectivity index (χ1) is 5.79. The van der Waals surface area contributed by atoms with Gasteiger partial charge in [-0.05, 0) is 18.6 Å². The number of allylic oxidation sites excluding steroid dienone is 1. The van der Waals surface area contributed by atoms with Gasteiger partial charge in [0.1, 0.15) is 0 Å². The summed E-state index contributed by atoms with van der Waals surface area (Å²) < 4.78 is 0. The van der Waals surface area contributed by atoms with Crippen LogP contribution in [0.15, 0.2) is 24.3 Å². The first kappa shape index (κ1) is 8.53. The molecule has 0 aromatic heterocycles. The number of rotatable bonds is 2. The van der Waals surface area contributed by atoms with Gasteiger partial charge in [-0.1, -0.05) is 24.3 Å². The second-order valence-electron chi connectivity index (χ2n) is 2.49. The van der Waals surface area contributed by atoms with Crippen molar-refractivity contribution in [2.75, 3.05) is 5.73 Å². The lowest BCUT2D eigenvalue weighted by molar-refractivity contribution is 1.52. The van der Waals surface area contributed by atoms with E-state index in [9.17, 15) is 0 Å². The summed E-state index contributed by atoms with van der Waals surface area (Å²) in [5.41, 5.74) is 8.11. The van der Waals surface area contributed by atoms with Crippen LogP contribution in [0.25, 0.3) is 6.08 Å². The zero-order chi connectivity index (χ0) is 8.97. The summed E-state index contributed by atoms with van der Waals surface area (Å²) in [6.07, 6.45) is 5.16. The summed E-state index contributed by atoms with van der Waals surface area (Å²) in [5, 5.41) is 7.16. The summed E-state index contributed by atoms with van der Waals surface area (Å²) in [5.74, 6) is 0. The van der Waals surface area contributed by atoms with Crippen LogP contribution < -0.4 is 5.73 Å². The van der Waals surface area contributed by atoms with Gasteiger partial charge in [0, 0.05) is 17.5 Å². The molecule has 0 saturated carbocycles. The minimum Gasteiger partial charge on any atom is -0.398 e. The molecular weight excluding hydrogens is 148 g/mol. The number of benzene rings is 1. The molecule has 0 aliphatic carbocycles. The molecule has 1 aromatic rings. The zero-order valence-electron chi connectivity index (χ0n) is 7.04. The summed E-state index contributed by atoms with van der Waals surface area (Å²) >= 11 is 0. The number of anilines is 1. The van der Waals surface area contributed by atoms with Crippen molar-refractivity contribution >= 4 is 18.0 Å². The van der Waals surface area contributed by atoms with E-state index in [4.69, 9.17) is 11.1 Å². The van der Waals surface area contributed by atoms with Crippen molar-refractivity contribution in [1.29, 1.82) is 5.41 Å². The molecule has 1 aromatic carbocycles. The lowest BCUT2D eigenvalue weighted by Crippen LogP contribution is -1.94. The van der Waals surface area contributed by atoms with Crippen LogP contribution in [0.1, 0.15) is 18.1 Å². The number of nitrogens with two attached hydrogens (primary N) is 1. The SMILES string of the molecule is C/C=C\c1cccc(N)c1C=N. The van der Waals surface area contributed by atoms with Gasteiger partial charge in [-0.25, -0.2) is 0 Å². The molecule has 62 valence electrons. The Bertz CT molecular complexity index is 314. The highest BCUT2D eigenvalue weighted by atomic mass is 14.6. The monoisotopic (exact) mass is 160 g/mol. The molecule has 0 radical (unpaired) electrons. The van der Waals surface area contributed by atoms with E-state index >= 15 is 0 Å². The Kier molecular flexibility index (Phi) is 2.64. The Morgan fingerprint density at radius 2 is 2.17 bits per heavy atom. The quantitative estimate of drug-likeness (QED) is 0.506. The minimum atomic E-state index is 0.653. The van der Waals surface area contributed by atoms with E-state index in [2.05, 4.69) is 0 Å². The van der Waals surface area contributed by atoms with Crippen LogP contribution >= 0.6 is 0 Å². The average Bonchev–Trinajstić information content (AvgIpc) is 2.05. The largest absolute Gasteiger partial charge is 0.398 e. The van der Waals surface area contributed by atoms with Crippen molar-refractivity contribution in [3.05, 3.63) is 35.4 Å². The van der Waals surface area contributed by atoms with E-state index in [1.54, 1.807) is 6.07 Å². The molecule has 0 atom stereocenters. The fourth-order valence-electron chi connectivity index (χ4n) is 1.09. The Labute approximate surface area is 72.2 Å². The van der Waals surface area contributed by atoms with Crippen LogP contribution in [-0.4, -0.2) is 6.21 Å². The number of hydrogen-bond acceptors (Lipinski definition) is 2. The molecule has 2 heteroatoms. The van der Waals surface area contributed by atoms with Crippen molar-refractivity contribution in [2.45, 2.75) is 6.92 Å². The van der Waals surface area contributed by atoms with Crippen molar-refractivity contribution in [2.24, 2.45) is 0 Å². The molecule has 0 amide bonds. The maximum absolute atomic E-state index is 7.16. The molecule has 0 aliphatic heterocycles. The lowest BCUT2D eigenvalue weighted by atomic mass is 10.1. The van der Waals surface area contributed by atoms with E-state index < -0.39 is 0 Å². The fourth-order valence-corrected chi connectivity index (χ4v) is 1.09. The van der Waals surface area contributed by atoms with Crippen LogP contribution in [0.3, 0.4) is 0 Å². The van der Waals surface area contributed by atoms with Gasteiger partial charge in [-0.3, -0.25) is 0 Å². The average molecular weight is 160 g/mol. The summed E-state index contributed by atoms with van der Waals surface area (Å²) in [4.78, 5) is 0. The third kappa shape index (κ3) is 1.53. The van der Waals surface area contributed by atoms with Crippen LogP contribution in [0.5, 0.6) is 0 Å². The van der Waals surface area contributed by atoms with Gasteiger partial charge in [0.2, 0.25) is 0 Å². The predicted molar refractivity (Wildman–Crippen MR) is 53.4 cm³/mol. The highest BCUT2D eigenvalue weighted by molar-refractivity contribution is 5.90. The molecule has 0 bridgehead atoms. The Morgan fingerprint density at radius 1 is 1.42 bits per heavy atom. The molecule has 2 nitrogen and oxygen atoms in total. The molecule has 0 heterocycles. The minimum absolute atomic E-state index is 0.653. The standard InChI is InChI=1S/C10H12N2/c1-2-4-8-5-3-6-10(12)9(8)7-11/h2-7,11H,12H2,1H3/b4-2-,11-7?. The van der Waals surface area contributed by atoms with Crippen molar-refractivity contribution in [3.8, 4) is 0 Å². The van der Waals surface area contributed by atoms with E-state index in [1.807, 2.05) is 31.2 Å². The van der Waals surface area contributed by atoms with Gasteiger partial charge in [0.25, 0.3) is 0 Å². The molecule has 0 unspecified atom stereocenters. The molecular formula is C10H12N2. The number of hydrogen-bond donors (Lipinski definition) is 2. The second kappa shape index (κ2) is 3.72. The van der Waals surface area contributed by atoms with Gasteiger partial charge in [0.05, 0.1) is 0 Å². The summed E-state index contributed by atoms with van der Waals surface area (Å²) in [7, 11) is 0. The maximum Gasteiger partial charge on any atom is 0.0409 e. The van der Waals surface area contributed by atoms with Crippen LogP contribution in [0, 0.1) is 5.41 Å². The zero-order valence-corrected chi connectivity index (χ0v) is 7.04.